The number of hydrogen-bond donors (Lipinski definition) is 1. The summed E-state index contributed by atoms with van der Waals surface area (Å²) in [5.74, 6) is -0.877. The summed E-state index contributed by atoms with van der Waals surface area (Å²) in [7, 11) is 4.14. The van der Waals surface area contributed by atoms with E-state index in [2.05, 4.69) is 16.8 Å². The van der Waals surface area contributed by atoms with Gasteiger partial charge in [-0.05, 0) is 46.3 Å². The molecule has 1 amide bonds. The molecule has 0 aromatic heterocycles. The highest BCUT2D eigenvalue weighted by molar-refractivity contribution is 5.79. The van der Waals surface area contributed by atoms with Crippen molar-refractivity contribution in [3.8, 4) is 0 Å². The second kappa shape index (κ2) is 7.22. The molecule has 0 aliphatic carbocycles. The molecule has 0 aromatic rings. The van der Waals surface area contributed by atoms with Gasteiger partial charge in [-0.3, -0.25) is 14.5 Å². The molecule has 2 saturated heterocycles. The van der Waals surface area contributed by atoms with Crippen LogP contribution in [-0.2, 0) is 9.59 Å². The van der Waals surface area contributed by atoms with E-state index in [9.17, 15) is 9.59 Å². The van der Waals surface area contributed by atoms with Crippen LogP contribution in [0.5, 0.6) is 0 Å². The molecule has 2 heterocycles. The van der Waals surface area contributed by atoms with Crippen molar-refractivity contribution in [3.05, 3.63) is 0 Å². The van der Waals surface area contributed by atoms with Gasteiger partial charge in [0, 0.05) is 25.7 Å². The molecular formula is C15H27N3O3. The van der Waals surface area contributed by atoms with Crippen molar-refractivity contribution in [2.45, 2.75) is 31.7 Å². The van der Waals surface area contributed by atoms with Crippen LogP contribution in [0.2, 0.25) is 0 Å². The van der Waals surface area contributed by atoms with Gasteiger partial charge in [-0.25, -0.2) is 0 Å². The van der Waals surface area contributed by atoms with Gasteiger partial charge >= 0.3 is 5.97 Å². The Hall–Kier alpha value is -1.14. The van der Waals surface area contributed by atoms with Crippen LogP contribution in [0.3, 0.4) is 0 Å². The molecule has 6 heteroatoms. The number of carboxylic acid groups (broad SMARTS) is 1. The molecule has 0 radical (unpaired) electrons. The molecule has 0 saturated carbocycles. The summed E-state index contributed by atoms with van der Waals surface area (Å²) in [5, 5.41) is 8.99. The van der Waals surface area contributed by atoms with E-state index in [1.807, 2.05) is 11.9 Å². The average molecular weight is 297 g/mol. The van der Waals surface area contributed by atoms with E-state index >= 15 is 0 Å². The number of hydrogen-bond acceptors (Lipinski definition) is 4. The number of likely N-dealkylation sites (N-methyl/N-ethyl adjacent to an activating group) is 2. The number of carbonyl (C=O) groups excluding carboxylic acids is 1. The smallest absolute Gasteiger partial charge is 0.306 e. The van der Waals surface area contributed by atoms with Crippen LogP contribution in [0.15, 0.2) is 0 Å². The van der Waals surface area contributed by atoms with Crippen LogP contribution in [0.1, 0.15) is 25.7 Å². The average Bonchev–Trinajstić information content (AvgIpc) is 2.47. The van der Waals surface area contributed by atoms with E-state index < -0.39 is 5.97 Å². The van der Waals surface area contributed by atoms with Gasteiger partial charge in [0.1, 0.15) is 0 Å². The standard InChI is InChI=1S/C15H27N3O3/c1-16-7-3-4-13(10-16)17(2)11-14(19)18-8-5-12(6-9-18)15(20)21/h12-13H,3-11H2,1-2H3,(H,20,21). The monoisotopic (exact) mass is 297 g/mol. The summed E-state index contributed by atoms with van der Waals surface area (Å²) < 4.78 is 0. The molecular weight excluding hydrogens is 270 g/mol. The predicted molar refractivity (Wildman–Crippen MR) is 80.1 cm³/mol. The first kappa shape index (κ1) is 16.2. The van der Waals surface area contributed by atoms with Gasteiger partial charge in [0.05, 0.1) is 12.5 Å². The molecule has 0 bridgehead atoms. The lowest BCUT2D eigenvalue weighted by Gasteiger charge is -2.37. The van der Waals surface area contributed by atoms with E-state index in [1.54, 1.807) is 0 Å². The normalized spacial score (nSPS) is 25.3. The second-order valence-corrected chi connectivity index (χ2v) is 6.47. The fourth-order valence-electron chi connectivity index (χ4n) is 3.32. The molecule has 2 rings (SSSR count). The van der Waals surface area contributed by atoms with E-state index in [0.29, 0.717) is 38.5 Å². The number of piperidine rings is 2. The molecule has 1 atom stereocenters. The first-order valence-corrected chi connectivity index (χ1v) is 7.86. The van der Waals surface area contributed by atoms with Crippen LogP contribution in [0.4, 0.5) is 0 Å². The molecule has 2 fully saturated rings. The van der Waals surface area contributed by atoms with E-state index in [0.717, 1.165) is 19.5 Å². The summed E-state index contributed by atoms with van der Waals surface area (Å²) in [6.45, 7) is 3.75. The summed E-state index contributed by atoms with van der Waals surface area (Å²) >= 11 is 0. The Kier molecular flexibility index (Phi) is 5.58. The van der Waals surface area contributed by atoms with Gasteiger partial charge in [-0.15, -0.1) is 0 Å². The number of likely N-dealkylation sites (tertiary alicyclic amines) is 2. The third-order valence-corrected chi connectivity index (χ3v) is 4.80. The Bertz CT molecular complexity index is 380. The highest BCUT2D eigenvalue weighted by Crippen LogP contribution is 2.18. The maximum absolute atomic E-state index is 12.3. The lowest BCUT2D eigenvalue weighted by molar-refractivity contribution is -0.146. The number of rotatable bonds is 4. The molecule has 0 spiro atoms. The Morgan fingerprint density at radius 3 is 2.43 bits per heavy atom. The topological polar surface area (TPSA) is 64.1 Å². The Balaban J connectivity index is 1.77. The van der Waals surface area contributed by atoms with Crippen molar-refractivity contribution in [1.29, 1.82) is 0 Å². The van der Waals surface area contributed by atoms with Crippen LogP contribution in [-0.4, -0.2) is 84.5 Å². The second-order valence-electron chi connectivity index (χ2n) is 6.47. The SMILES string of the molecule is CN1CCCC(N(C)CC(=O)N2CCC(C(=O)O)CC2)C1. The van der Waals surface area contributed by atoms with Gasteiger partial charge in [-0.1, -0.05) is 0 Å². The van der Waals surface area contributed by atoms with Crippen molar-refractivity contribution < 1.29 is 14.7 Å². The van der Waals surface area contributed by atoms with E-state index in [-0.39, 0.29) is 11.8 Å². The summed E-state index contributed by atoms with van der Waals surface area (Å²) in [6.07, 6.45) is 3.49. The Morgan fingerprint density at radius 1 is 1.19 bits per heavy atom. The molecule has 2 aliphatic heterocycles. The number of nitrogens with zero attached hydrogens (tertiary/aromatic N) is 3. The van der Waals surface area contributed by atoms with Gasteiger partial charge in [0.25, 0.3) is 0 Å². The fraction of sp³-hybridized carbons (Fsp3) is 0.867. The van der Waals surface area contributed by atoms with Gasteiger partial charge < -0.3 is 14.9 Å². The third kappa shape index (κ3) is 4.41. The molecule has 2 aliphatic rings. The van der Waals surface area contributed by atoms with Crippen molar-refractivity contribution in [2.24, 2.45) is 5.92 Å². The molecule has 6 nitrogen and oxygen atoms in total. The number of carboxylic acids is 1. The van der Waals surface area contributed by atoms with Crippen molar-refractivity contribution in [1.82, 2.24) is 14.7 Å². The zero-order chi connectivity index (χ0) is 15.4. The highest BCUT2D eigenvalue weighted by atomic mass is 16.4. The quantitative estimate of drug-likeness (QED) is 0.810. The fourth-order valence-corrected chi connectivity index (χ4v) is 3.32. The Labute approximate surface area is 126 Å². The number of carbonyl (C=O) groups is 2. The maximum Gasteiger partial charge on any atom is 0.306 e. The van der Waals surface area contributed by atoms with Gasteiger partial charge in [0.2, 0.25) is 5.91 Å². The largest absolute Gasteiger partial charge is 0.481 e. The zero-order valence-electron chi connectivity index (χ0n) is 13.1. The number of amides is 1. The molecule has 0 aromatic carbocycles. The summed E-state index contributed by atoms with van der Waals surface area (Å²) in [6, 6.07) is 0.448. The van der Waals surface area contributed by atoms with E-state index in [4.69, 9.17) is 5.11 Å². The van der Waals surface area contributed by atoms with E-state index in [1.165, 1.54) is 6.42 Å². The van der Waals surface area contributed by atoms with Gasteiger partial charge in [-0.2, -0.15) is 0 Å². The lowest BCUT2D eigenvalue weighted by atomic mass is 9.97. The minimum absolute atomic E-state index is 0.134. The van der Waals surface area contributed by atoms with Crippen molar-refractivity contribution in [3.63, 3.8) is 0 Å². The molecule has 1 unspecified atom stereocenters. The minimum Gasteiger partial charge on any atom is -0.481 e. The van der Waals surface area contributed by atoms with Crippen LogP contribution in [0.25, 0.3) is 0 Å². The lowest BCUT2D eigenvalue weighted by Crippen LogP contribution is -2.50. The summed E-state index contributed by atoms with van der Waals surface area (Å²) in [5.41, 5.74) is 0. The van der Waals surface area contributed by atoms with Crippen molar-refractivity contribution in [2.75, 3.05) is 46.8 Å². The minimum atomic E-state index is -0.732. The predicted octanol–water partition coefficient (Wildman–Crippen LogP) is 0.336. The first-order chi connectivity index (χ1) is 9.97. The number of aliphatic carboxylic acids is 1. The van der Waals surface area contributed by atoms with Crippen molar-refractivity contribution >= 4 is 11.9 Å². The van der Waals surface area contributed by atoms with Crippen LogP contribution < -0.4 is 0 Å². The highest BCUT2D eigenvalue weighted by Gasteiger charge is 2.29. The van der Waals surface area contributed by atoms with Crippen LogP contribution >= 0.6 is 0 Å². The molecule has 21 heavy (non-hydrogen) atoms. The third-order valence-electron chi connectivity index (χ3n) is 4.80. The zero-order valence-corrected chi connectivity index (χ0v) is 13.1. The molecule has 1 N–H and O–H groups in total. The summed E-state index contributed by atoms with van der Waals surface area (Å²) in [4.78, 5) is 29.6. The maximum atomic E-state index is 12.3. The first-order valence-electron chi connectivity index (χ1n) is 7.86. The Morgan fingerprint density at radius 2 is 1.86 bits per heavy atom. The van der Waals surface area contributed by atoms with Crippen LogP contribution in [0, 0.1) is 5.92 Å². The molecule has 120 valence electrons. The van der Waals surface area contributed by atoms with Gasteiger partial charge in [0.15, 0.2) is 0 Å².